The Hall–Kier alpha value is -2.05. The summed E-state index contributed by atoms with van der Waals surface area (Å²) in [7, 11) is 1.42. The van der Waals surface area contributed by atoms with Crippen LogP contribution in [0.4, 0.5) is 0 Å². The molecule has 2 aromatic heterocycles. The van der Waals surface area contributed by atoms with Crippen LogP contribution in [0, 0.1) is 0 Å². The lowest BCUT2D eigenvalue weighted by molar-refractivity contribution is -0.153. The maximum atomic E-state index is 12.6. The van der Waals surface area contributed by atoms with Crippen LogP contribution < -0.4 is 4.74 Å². The van der Waals surface area contributed by atoms with Gasteiger partial charge in [0.25, 0.3) is 0 Å². The van der Waals surface area contributed by atoms with E-state index in [0.29, 0.717) is 34.0 Å². The molecule has 1 fully saturated rings. The van der Waals surface area contributed by atoms with Crippen molar-refractivity contribution in [1.29, 1.82) is 0 Å². The largest absolute Gasteiger partial charge is 0.476 e. The summed E-state index contributed by atoms with van der Waals surface area (Å²) in [6.07, 6.45) is -0.878. The fourth-order valence-electron chi connectivity index (χ4n) is 3.01. The first-order valence-corrected chi connectivity index (χ1v) is 11.6. The van der Waals surface area contributed by atoms with Gasteiger partial charge in [-0.05, 0) is 19.1 Å². The highest BCUT2D eigenvalue weighted by atomic mass is 35.5. The number of hydrogen-bond acceptors (Lipinski definition) is 10. The monoisotopic (exact) mass is 487 g/mol. The van der Waals surface area contributed by atoms with Gasteiger partial charge in [0, 0.05) is 25.6 Å². The van der Waals surface area contributed by atoms with E-state index in [9.17, 15) is 14.4 Å². The zero-order valence-electron chi connectivity index (χ0n) is 17.0. The van der Waals surface area contributed by atoms with Gasteiger partial charge in [-0.25, -0.2) is 9.78 Å². The second kappa shape index (κ2) is 11.0. The minimum atomic E-state index is -0.878. The highest BCUT2D eigenvalue weighted by Gasteiger charge is 2.33. The number of rotatable bonds is 10. The number of aromatic nitrogens is 1. The predicted octanol–water partition coefficient (Wildman–Crippen LogP) is 2.30. The van der Waals surface area contributed by atoms with Gasteiger partial charge in [-0.1, -0.05) is 22.9 Å². The molecule has 0 bridgehead atoms. The third kappa shape index (κ3) is 6.23. The van der Waals surface area contributed by atoms with E-state index in [4.69, 9.17) is 25.8 Å². The van der Waals surface area contributed by atoms with E-state index in [-0.39, 0.29) is 37.1 Å². The van der Waals surface area contributed by atoms with Crippen molar-refractivity contribution in [1.82, 2.24) is 14.8 Å². The van der Waals surface area contributed by atoms with E-state index >= 15 is 0 Å². The van der Waals surface area contributed by atoms with Gasteiger partial charge in [0.05, 0.1) is 24.0 Å². The molecule has 168 valence electrons. The Morgan fingerprint density at radius 3 is 2.77 bits per heavy atom. The van der Waals surface area contributed by atoms with Crippen molar-refractivity contribution in [2.24, 2.45) is 0 Å². The van der Waals surface area contributed by atoms with Gasteiger partial charge in [-0.3, -0.25) is 14.5 Å². The molecule has 0 radical (unpaired) electrons. The van der Waals surface area contributed by atoms with Crippen molar-refractivity contribution in [3.05, 3.63) is 32.6 Å². The molecule has 1 aliphatic rings. The molecule has 2 aromatic rings. The van der Waals surface area contributed by atoms with Crippen molar-refractivity contribution in [2.45, 2.75) is 19.7 Å². The standard InChI is InChI=1S/C19H22ClN3O6S2/c1-3-28-19(26)12-11-30-15(21-12)8-22-6-7-23(9-16(22)25)18(27-2)13(24)10-29-17-5-4-14(20)31-17/h4-5,11,18H,3,6-10H2,1-2H3/t18-/m0/s1. The number of thiazole rings is 1. The molecule has 1 atom stereocenters. The molecule has 1 amide bonds. The Morgan fingerprint density at radius 1 is 1.32 bits per heavy atom. The molecule has 3 heterocycles. The number of halogens is 1. The van der Waals surface area contributed by atoms with Crippen LogP contribution in [0.2, 0.25) is 4.34 Å². The second-order valence-corrected chi connectivity index (χ2v) is 9.15. The van der Waals surface area contributed by atoms with E-state index in [0.717, 1.165) is 0 Å². The zero-order chi connectivity index (χ0) is 22.4. The third-order valence-corrected chi connectivity index (χ3v) is 6.42. The highest BCUT2D eigenvalue weighted by Crippen LogP contribution is 2.28. The molecule has 31 heavy (non-hydrogen) atoms. The fraction of sp³-hybridized carbons (Fsp3) is 0.474. The zero-order valence-corrected chi connectivity index (χ0v) is 19.4. The number of methoxy groups -OCH3 is 1. The summed E-state index contributed by atoms with van der Waals surface area (Å²) in [5.74, 6) is -0.915. The molecule has 3 rings (SSSR count). The minimum Gasteiger partial charge on any atom is -0.476 e. The summed E-state index contributed by atoms with van der Waals surface area (Å²) >= 11 is 8.39. The van der Waals surface area contributed by atoms with Crippen LogP contribution in [0.25, 0.3) is 0 Å². The number of carbonyl (C=O) groups excluding carboxylic acids is 3. The lowest BCUT2D eigenvalue weighted by Crippen LogP contribution is -2.56. The molecule has 0 spiro atoms. The number of carbonyl (C=O) groups is 3. The molecule has 12 heteroatoms. The van der Waals surface area contributed by atoms with E-state index in [1.807, 2.05) is 0 Å². The van der Waals surface area contributed by atoms with Crippen LogP contribution in [-0.2, 0) is 25.6 Å². The topological polar surface area (TPSA) is 98.3 Å². The maximum absolute atomic E-state index is 12.6. The number of ketones is 1. The summed E-state index contributed by atoms with van der Waals surface area (Å²) in [5, 5.41) is 2.81. The Bertz CT molecular complexity index is 933. The Morgan fingerprint density at radius 2 is 2.13 bits per heavy atom. The van der Waals surface area contributed by atoms with Crippen LogP contribution in [0.5, 0.6) is 5.06 Å². The maximum Gasteiger partial charge on any atom is 0.357 e. The first-order chi connectivity index (χ1) is 14.9. The lowest BCUT2D eigenvalue weighted by Gasteiger charge is -2.37. The van der Waals surface area contributed by atoms with Gasteiger partial charge in [-0.15, -0.1) is 11.3 Å². The number of thiophene rings is 1. The molecule has 1 saturated heterocycles. The molecular formula is C19H22ClN3O6S2. The molecule has 0 aliphatic carbocycles. The van der Waals surface area contributed by atoms with Gasteiger partial charge in [0.2, 0.25) is 11.7 Å². The van der Waals surface area contributed by atoms with Gasteiger partial charge >= 0.3 is 5.97 Å². The molecule has 0 saturated carbocycles. The molecule has 9 nitrogen and oxygen atoms in total. The average Bonchev–Trinajstić information content (AvgIpc) is 3.38. The predicted molar refractivity (Wildman–Crippen MR) is 116 cm³/mol. The van der Waals surface area contributed by atoms with Crippen LogP contribution in [0.3, 0.4) is 0 Å². The van der Waals surface area contributed by atoms with E-state index < -0.39 is 12.2 Å². The third-order valence-electron chi connectivity index (χ3n) is 4.45. The lowest BCUT2D eigenvalue weighted by atomic mass is 10.2. The molecular weight excluding hydrogens is 466 g/mol. The van der Waals surface area contributed by atoms with Crippen LogP contribution in [-0.4, -0.2) is 78.6 Å². The van der Waals surface area contributed by atoms with Crippen molar-refractivity contribution in [3.63, 3.8) is 0 Å². The van der Waals surface area contributed by atoms with Gasteiger partial charge in [0.15, 0.2) is 23.6 Å². The molecule has 0 N–H and O–H groups in total. The number of nitrogens with zero attached hydrogens (tertiary/aromatic N) is 3. The number of piperazine rings is 1. The first kappa shape index (κ1) is 23.6. The van der Waals surface area contributed by atoms with Crippen molar-refractivity contribution >= 4 is 51.9 Å². The Labute approximate surface area is 192 Å². The van der Waals surface area contributed by atoms with Gasteiger partial charge < -0.3 is 19.1 Å². The number of esters is 1. The SMILES string of the molecule is CCOC(=O)c1csc(CN2CCN([C@@H](OC)C(=O)COc3ccc(Cl)s3)CC2=O)n1. The van der Waals surface area contributed by atoms with Crippen LogP contribution in [0.1, 0.15) is 22.4 Å². The Balaban J connectivity index is 1.52. The van der Waals surface area contributed by atoms with Gasteiger partial charge in [-0.2, -0.15) is 0 Å². The van der Waals surface area contributed by atoms with Crippen LogP contribution >= 0.6 is 34.3 Å². The Kier molecular flexibility index (Phi) is 8.38. The number of hydrogen-bond donors (Lipinski definition) is 0. The first-order valence-electron chi connectivity index (χ1n) is 9.48. The number of Topliss-reactive ketones (excluding diaryl/α,β-unsaturated/α-hetero) is 1. The normalized spacial score (nSPS) is 15.7. The molecule has 0 aromatic carbocycles. The summed E-state index contributed by atoms with van der Waals surface area (Å²) < 4.78 is 16.3. The average molecular weight is 488 g/mol. The summed E-state index contributed by atoms with van der Waals surface area (Å²) in [6, 6.07) is 3.38. The minimum absolute atomic E-state index is 0.0329. The van der Waals surface area contributed by atoms with E-state index in [1.54, 1.807) is 34.2 Å². The summed E-state index contributed by atoms with van der Waals surface area (Å²) in [4.78, 5) is 44.5. The number of ether oxygens (including phenoxy) is 3. The van der Waals surface area contributed by atoms with E-state index in [2.05, 4.69) is 4.98 Å². The van der Waals surface area contributed by atoms with Gasteiger partial charge in [0.1, 0.15) is 5.01 Å². The van der Waals surface area contributed by atoms with Crippen molar-refractivity contribution in [2.75, 3.05) is 40.0 Å². The quantitative estimate of drug-likeness (QED) is 0.471. The second-order valence-electron chi connectivity index (χ2n) is 6.53. The van der Waals surface area contributed by atoms with Crippen molar-refractivity contribution < 1.29 is 28.6 Å². The fourth-order valence-corrected chi connectivity index (χ4v) is 4.66. The smallest absolute Gasteiger partial charge is 0.357 e. The van der Waals surface area contributed by atoms with Crippen LogP contribution in [0.15, 0.2) is 17.5 Å². The highest BCUT2D eigenvalue weighted by molar-refractivity contribution is 7.17. The molecule has 1 aliphatic heterocycles. The number of amides is 1. The van der Waals surface area contributed by atoms with E-state index in [1.165, 1.54) is 29.8 Å². The summed E-state index contributed by atoms with van der Waals surface area (Å²) in [6.45, 7) is 3.01. The molecule has 0 unspecified atom stereocenters. The summed E-state index contributed by atoms with van der Waals surface area (Å²) in [5.41, 5.74) is 0.241. The van der Waals surface area contributed by atoms with Crippen molar-refractivity contribution in [3.8, 4) is 5.06 Å².